The molecule has 3 rings (SSSR count). The van der Waals surface area contributed by atoms with Crippen LogP contribution in [0.4, 0.5) is 11.6 Å². The van der Waals surface area contributed by atoms with Crippen LogP contribution in [0.3, 0.4) is 0 Å². The first kappa shape index (κ1) is 20.7. The highest BCUT2D eigenvalue weighted by atomic mass is 35.5. The third-order valence-corrected chi connectivity index (χ3v) is 5.62. The Morgan fingerprint density at radius 1 is 1.04 bits per heavy atom. The number of benzene rings is 1. The molecule has 6 nitrogen and oxygen atoms in total. The maximum Gasteiger partial charge on any atom is 0.251 e. The van der Waals surface area contributed by atoms with Gasteiger partial charge in [-0.3, -0.25) is 4.79 Å². The van der Waals surface area contributed by atoms with Crippen molar-refractivity contribution in [1.82, 2.24) is 15.3 Å². The summed E-state index contributed by atoms with van der Waals surface area (Å²) in [6.07, 6.45) is 3.75. The molecule has 0 radical (unpaired) electrons. The summed E-state index contributed by atoms with van der Waals surface area (Å²) in [6, 6.07) is 7.39. The highest BCUT2D eigenvalue weighted by molar-refractivity contribution is 6.42. The molecule has 0 atom stereocenters. The minimum Gasteiger partial charge on any atom is -0.367 e. The highest BCUT2D eigenvalue weighted by Gasteiger charge is 2.23. The number of anilines is 2. The van der Waals surface area contributed by atoms with Gasteiger partial charge < -0.3 is 15.5 Å². The molecule has 0 bridgehead atoms. The second kappa shape index (κ2) is 8.97. The van der Waals surface area contributed by atoms with Gasteiger partial charge in [-0.15, -0.1) is 0 Å². The summed E-state index contributed by atoms with van der Waals surface area (Å²) < 4.78 is 0. The molecule has 8 heteroatoms. The number of rotatable bonds is 5. The van der Waals surface area contributed by atoms with E-state index < -0.39 is 0 Å². The van der Waals surface area contributed by atoms with Gasteiger partial charge in [-0.05, 0) is 50.8 Å². The molecule has 1 fully saturated rings. The molecule has 1 aromatic carbocycles. The predicted molar refractivity (Wildman–Crippen MR) is 115 cm³/mol. The molecule has 0 spiro atoms. The molecule has 1 saturated carbocycles. The van der Waals surface area contributed by atoms with Crippen LogP contribution in [0.2, 0.25) is 10.0 Å². The number of halogens is 2. The summed E-state index contributed by atoms with van der Waals surface area (Å²) >= 11 is 11.9. The summed E-state index contributed by atoms with van der Waals surface area (Å²) in [6.45, 7) is 1.90. The molecule has 0 aliphatic heterocycles. The SMILES string of the molecule is Cc1nc(N[C@H]2CC[C@@H](NC(=O)c3ccc(Cl)c(Cl)c3)CC2)cc(N(C)C)n1. The third kappa shape index (κ3) is 5.26. The van der Waals surface area contributed by atoms with Crippen molar-refractivity contribution in [2.45, 2.75) is 44.7 Å². The van der Waals surface area contributed by atoms with Gasteiger partial charge in [0, 0.05) is 37.8 Å². The van der Waals surface area contributed by atoms with Crippen LogP contribution in [-0.2, 0) is 0 Å². The number of nitrogens with one attached hydrogen (secondary N) is 2. The van der Waals surface area contributed by atoms with Gasteiger partial charge in [0.15, 0.2) is 0 Å². The lowest BCUT2D eigenvalue weighted by Gasteiger charge is -2.30. The fourth-order valence-electron chi connectivity index (χ4n) is 3.35. The molecule has 1 aromatic heterocycles. The monoisotopic (exact) mass is 421 g/mol. The zero-order valence-electron chi connectivity index (χ0n) is 16.3. The molecular formula is C20H25Cl2N5O. The number of hydrogen-bond donors (Lipinski definition) is 2. The summed E-state index contributed by atoms with van der Waals surface area (Å²) in [5.74, 6) is 2.37. The smallest absolute Gasteiger partial charge is 0.251 e. The zero-order chi connectivity index (χ0) is 20.3. The molecule has 2 N–H and O–H groups in total. The fourth-order valence-corrected chi connectivity index (χ4v) is 3.65. The van der Waals surface area contributed by atoms with Crippen LogP contribution in [-0.4, -0.2) is 42.1 Å². The Morgan fingerprint density at radius 2 is 1.71 bits per heavy atom. The van der Waals surface area contributed by atoms with E-state index in [1.54, 1.807) is 18.2 Å². The van der Waals surface area contributed by atoms with E-state index in [2.05, 4.69) is 20.6 Å². The topological polar surface area (TPSA) is 70.2 Å². The van der Waals surface area contributed by atoms with Crippen molar-refractivity contribution < 1.29 is 4.79 Å². The second-order valence-corrected chi connectivity index (χ2v) is 8.16. The van der Waals surface area contributed by atoms with Gasteiger partial charge in [-0.25, -0.2) is 9.97 Å². The fraction of sp³-hybridized carbons (Fsp3) is 0.450. The van der Waals surface area contributed by atoms with Gasteiger partial charge in [-0.2, -0.15) is 0 Å². The van der Waals surface area contributed by atoms with Crippen molar-refractivity contribution >= 4 is 40.7 Å². The highest BCUT2D eigenvalue weighted by Crippen LogP contribution is 2.25. The summed E-state index contributed by atoms with van der Waals surface area (Å²) in [5.41, 5.74) is 0.530. The average Bonchev–Trinajstić information content (AvgIpc) is 2.65. The number of carbonyl (C=O) groups excluding carboxylic acids is 1. The molecule has 1 aliphatic carbocycles. The molecule has 1 amide bonds. The first-order chi connectivity index (χ1) is 13.3. The summed E-state index contributed by atoms with van der Waals surface area (Å²) in [5, 5.41) is 7.45. The number of aromatic nitrogens is 2. The van der Waals surface area contributed by atoms with E-state index in [0.717, 1.165) is 43.1 Å². The van der Waals surface area contributed by atoms with Gasteiger partial charge in [0.1, 0.15) is 17.5 Å². The Labute approximate surface area is 175 Å². The third-order valence-electron chi connectivity index (χ3n) is 4.88. The van der Waals surface area contributed by atoms with Crippen molar-refractivity contribution in [3.8, 4) is 0 Å². The second-order valence-electron chi connectivity index (χ2n) is 7.35. The van der Waals surface area contributed by atoms with E-state index in [-0.39, 0.29) is 11.9 Å². The van der Waals surface area contributed by atoms with E-state index >= 15 is 0 Å². The van der Waals surface area contributed by atoms with Gasteiger partial charge in [0.05, 0.1) is 10.0 Å². The number of amides is 1. The largest absolute Gasteiger partial charge is 0.367 e. The summed E-state index contributed by atoms with van der Waals surface area (Å²) in [7, 11) is 3.93. The molecule has 28 heavy (non-hydrogen) atoms. The standard InChI is InChI=1S/C20H25Cl2N5O/c1-12-23-18(11-19(24-12)27(2)3)25-14-5-7-15(8-6-14)26-20(28)13-4-9-16(21)17(22)10-13/h4,9-11,14-15H,5-8H2,1-3H3,(H,26,28)(H,23,24,25)/t14-,15+. The van der Waals surface area contributed by atoms with Crippen LogP contribution in [0.25, 0.3) is 0 Å². The van der Waals surface area contributed by atoms with Crippen LogP contribution >= 0.6 is 23.2 Å². The first-order valence-electron chi connectivity index (χ1n) is 9.37. The Balaban J connectivity index is 1.53. The lowest BCUT2D eigenvalue weighted by atomic mass is 9.91. The van der Waals surface area contributed by atoms with E-state index in [4.69, 9.17) is 23.2 Å². The number of carbonyl (C=O) groups is 1. The van der Waals surface area contributed by atoms with Crippen molar-refractivity contribution in [3.05, 3.63) is 45.7 Å². The van der Waals surface area contributed by atoms with E-state index in [9.17, 15) is 4.79 Å². The lowest BCUT2D eigenvalue weighted by Crippen LogP contribution is -2.40. The van der Waals surface area contributed by atoms with Gasteiger partial charge >= 0.3 is 0 Å². The van der Waals surface area contributed by atoms with Crippen LogP contribution in [0.15, 0.2) is 24.3 Å². The zero-order valence-corrected chi connectivity index (χ0v) is 17.8. The minimum atomic E-state index is -0.114. The van der Waals surface area contributed by atoms with Crippen LogP contribution in [0.5, 0.6) is 0 Å². The van der Waals surface area contributed by atoms with Crippen molar-refractivity contribution in [2.24, 2.45) is 0 Å². The lowest BCUT2D eigenvalue weighted by molar-refractivity contribution is 0.0926. The number of aryl methyl sites for hydroxylation is 1. The summed E-state index contributed by atoms with van der Waals surface area (Å²) in [4.78, 5) is 23.3. The van der Waals surface area contributed by atoms with Gasteiger partial charge in [-0.1, -0.05) is 23.2 Å². The Hall–Kier alpha value is -2.05. The Morgan fingerprint density at radius 3 is 2.36 bits per heavy atom. The maximum absolute atomic E-state index is 12.4. The first-order valence-corrected chi connectivity index (χ1v) is 10.1. The normalized spacial score (nSPS) is 19.2. The van der Waals surface area contributed by atoms with E-state index in [0.29, 0.717) is 21.7 Å². The number of nitrogens with zero attached hydrogens (tertiary/aromatic N) is 3. The molecule has 2 aromatic rings. The Kier molecular flexibility index (Phi) is 6.62. The van der Waals surface area contributed by atoms with E-state index in [1.165, 1.54) is 0 Å². The van der Waals surface area contributed by atoms with Gasteiger partial charge in [0.2, 0.25) is 0 Å². The van der Waals surface area contributed by atoms with Crippen molar-refractivity contribution in [1.29, 1.82) is 0 Å². The quantitative estimate of drug-likeness (QED) is 0.752. The molecule has 0 saturated heterocycles. The molecule has 150 valence electrons. The van der Waals surface area contributed by atoms with Crippen LogP contribution in [0.1, 0.15) is 41.9 Å². The molecule has 1 aliphatic rings. The predicted octanol–water partition coefficient (Wildman–Crippen LogP) is 4.31. The van der Waals surface area contributed by atoms with Crippen LogP contribution in [0, 0.1) is 6.92 Å². The number of hydrogen-bond acceptors (Lipinski definition) is 5. The molecular weight excluding hydrogens is 397 g/mol. The van der Waals surface area contributed by atoms with Crippen molar-refractivity contribution in [3.63, 3.8) is 0 Å². The average molecular weight is 422 g/mol. The minimum absolute atomic E-state index is 0.114. The van der Waals surface area contributed by atoms with Crippen LogP contribution < -0.4 is 15.5 Å². The Bertz CT molecular complexity index is 850. The molecule has 1 heterocycles. The molecule has 0 unspecified atom stereocenters. The van der Waals surface area contributed by atoms with Crippen molar-refractivity contribution in [2.75, 3.05) is 24.3 Å². The van der Waals surface area contributed by atoms with E-state index in [1.807, 2.05) is 32.0 Å². The van der Waals surface area contributed by atoms with Gasteiger partial charge in [0.25, 0.3) is 5.91 Å². The maximum atomic E-state index is 12.4.